The van der Waals surface area contributed by atoms with E-state index in [0.29, 0.717) is 5.56 Å². The SMILES string of the molecule is COc1ccc(C#N)c(NCC(C)(C)c2ccccc2)c1. The summed E-state index contributed by atoms with van der Waals surface area (Å²) in [5.41, 5.74) is 2.66. The van der Waals surface area contributed by atoms with Gasteiger partial charge >= 0.3 is 0 Å². The van der Waals surface area contributed by atoms with Crippen LogP contribution < -0.4 is 10.1 Å². The van der Waals surface area contributed by atoms with Crippen molar-refractivity contribution >= 4 is 5.69 Å². The lowest BCUT2D eigenvalue weighted by molar-refractivity contribution is 0.415. The number of anilines is 1. The smallest absolute Gasteiger partial charge is 0.121 e. The molecule has 0 aliphatic carbocycles. The summed E-state index contributed by atoms with van der Waals surface area (Å²) in [7, 11) is 1.62. The van der Waals surface area contributed by atoms with E-state index in [9.17, 15) is 5.26 Å². The van der Waals surface area contributed by atoms with Crippen molar-refractivity contribution in [2.24, 2.45) is 0 Å². The quantitative estimate of drug-likeness (QED) is 0.901. The Morgan fingerprint density at radius 1 is 1.14 bits per heavy atom. The summed E-state index contributed by atoms with van der Waals surface area (Å²) in [4.78, 5) is 0. The summed E-state index contributed by atoms with van der Waals surface area (Å²) in [6.45, 7) is 5.10. The van der Waals surface area contributed by atoms with Crippen molar-refractivity contribution in [3.63, 3.8) is 0 Å². The minimum Gasteiger partial charge on any atom is -0.497 e. The number of hydrogen-bond donors (Lipinski definition) is 1. The summed E-state index contributed by atoms with van der Waals surface area (Å²) in [6, 6.07) is 18.0. The van der Waals surface area contributed by atoms with E-state index in [1.54, 1.807) is 19.2 Å². The van der Waals surface area contributed by atoms with Crippen LogP contribution >= 0.6 is 0 Å². The lowest BCUT2D eigenvalue weighted by Gasteiger charge is -2.26. The topological polar surface area (TPSA) is 45.0 Å². The lowest BCUT2D eigenvalue weighted by atomic mass is 9.84. The number of hydrogen-bond acceptors (Lipinski definition) is 3. The van der Waals surface area contributed by atoms with Crippen molar-refractivity contribution < 1.29 is 4.74 Å². The first-order chi connectivity index (χ1) is 10.1. The molecular weight excluding hydrogens is 260 g/mol. The molecule has 2 rings (SSSR count). The van der Waals surface area contributed by atoms with Crippen LogP contribution in [0.5, 0.6) is 5.75 Å². The molecule has 3 heteroatoms. The Balaban J connectivity index is 2.18. The predicted octanol–water partition coefficient (Wildman–Crippen LogP) is 3.96. The van der Waals surface area contributed by atoms with Crippen LogP contribution in [0.1, 0.15) is 25.0 Å². The standard InChI is InChI=1S/C18H20N2O/c1-18(2,15-7-5-4-6-8-15)13-20-17-11-16(21-3)10-9-14(17)12-19/h4-11,20H,13H2,1-3H3. The largest absolute Gasteiger partial charge is 0.497 e. The molecule has 0 fully saturated rings. The average Bonchev–Trinajstić information content (AvgIpc) is 2.53. The fourth-order valence-electron chi connectivity index (χ4n) is 2.20. The maximum absolute atomic E-state index is 9.20. The van der Waals surface area contributed by atoms with Crippen LogP contribution in [0.4, 0.5) is 5.69 Å². The Labute approximate surface area is 126 Å². The summed E-state index contributed by atoms with van der Waals surface area (Å²) in [5.74, 6) is 0.744. The van der Waals surface area contributed by atoms with Gasteiger partial charge in [0.1, 0.15) is 11.8 Å². The molecule has 0 aliphatic heterocycles. The maximum Gasteiger partial charge on any atom is 0.121 e. The van der Waals surface area contributed by atoms with Gasteiger partial charge < -0.3 is 10.1 Å². The molecule has 1 N–H and O–H groups in total. The molecule has 0 aliphatic rings. The summed E-state index contributed by atoms with van der Waals surface area (Å²) < 4.78 is 5.22. The number of methoxy groups -OCH3 is 1. The molecule has 0 aromatic heterocycles. The lowest BCUT2D eigenvalue weighted by Crippen LogP contribution is -2.27. The van der Waals surface area contributed by atoms with Crippen molar-refractivity contribution in [3.05, 3.63) is 59.7 Å². The molecule has 21 heavy (non-hydrogen) atoms. The van der Waals surface area contributed by atoms with E-state index >= 15 is 0 Å². The van der Waals surface area contributed by atoms with Gasteiger partial charge in [0.15, 0.2) is 0 Å². The molecule has 108 valence electrons. The fourth-order valence-corrected chi connectivity index (χ4v) is 2.20. The van der Waals surface area contributed by atoms with E-state index in [1.807, 2.05) is 24.3 Å². The average molecular weight is 280 g/mol. The van der Waals surface area contributed by atoms with Crippen LogP contribution in [-0.4, -0.2) is 13.7 Å². The van der Waals surface area contributed by atoms with Crippen molar-refractivity contribution in [2.45, 2.75) is 19.3 Å². The number of benzene rings is 2. The Kier molecular flexibility index (Phi) is 4.49. The van der Waals surface area contributed by atoms with Gasteiger partial charge in [0.2, 0.25) is 0 Å². The van der Waals surface area contributed by atoms with Gasteiger partial charge in [-0.25, -0.2) is 0 Å². The van der Waals surface area contributed by atoms with Gasteiger partial charge in [0.25, 0.3) is 0 Å². The molecule has 0 unspecified atom stereocenters. The second-order valence-corrected chi connectivity index (χ2v) is 5.63. The highest BCUT2D eigenvalue weighted by molar-refractivity contribution is 5.60. The summed E-state index contributed by atoms with van der Waals surface area (Å²) in [6.07, 6.45) is 0. The Hall–Kier alpha value is -2.47. The molecule has 0 saturated carbocycles. The second-order valence-electron chi connectivity index (χ2n) is 5.63. The molecule has 0 amide bonds. The summed E-state index contributed by atoms with van der Waals surface area (Å²) in [5, 5.41) is 12.6. The molecule has 0 heterocycles. The third-order valence-corrected chi connectivity index (χ3v) is 3.62. The molecular formula is C18H20N2O. The van der Waals surface area contributed by atoms with Gasteiger partial charge in [-0.1, -0.05) is 44.2 Å². The molecule has 0 bridgehead atoms. The third-order valence-electron chi connectivity index (χ3n) is 3.62. The van der Waals surface area contributed by atoms with Crippen LogP contribution in [0.2, 0.25) is 0 Å². The van der Waals surface area contributed by atoms with Crippen LogP contribution in [-0.2, 0) is 5.41 Å². The molecule has 0 atom stereocenters. The van der Waals surface area contributed by atoms with Crippen LogP contribution in [0.25, 0.3) is 0 Å². The van der Waals surface area contributed by atoms with Gasteiger partial charge in [-0.2, -0.15) is 5.26 Å². The molecule has 0 saturated heterocycles. The number of ether oxygens (including phenoxy) is 1. The molecule has 2 aromatic carbocycles. The highest BCUT2D eigenvalue weighted by Gasteiger charge is 2.20. The zero-order valence-corrected chi connectivity index (χ0v) is 12.7. The predicted molar refractivity (Wildman–Crippen MR) is 85.7 cm³/mol. The van der Waals surface area contributed by atoms with Gasteiger partial charge in [0, 0.05) is 18.0 Å². The van der Waals surface area contributed by atoms with Gasteiger partial charge in [-0.3, -0.25) is 0 Å². The van der Waals surface area contributed by atoms with E-state index in [4.69, 9.17) is 4.74 Å². The third kappa shape index (κ3) is 3.55. The van der Waals surface area contributed by atoms with Crippen molar-refractivity contribution in [1.29, 1.82) is 5.26 Å². The van der Waals surface area contributed by atoms with Gasteiger partial charge in [-0.15, -0.1) is 0 Å². The van der Waals surface area contributed by atoms with Gasteiger partial charge in [0.05, 0.1) is 18.4 Å². The highest BCUT2D eigenvalue weighted by Crippen LogP contribution is 2.26. The number of nitrogens with one attached hydrogen (secondary N) is 1. The van der Waals surface area contributed by atoms with E-state index < -0.39 is 0 Å². The monoisotopic (exact) mass is 280 g/mol. The first kappa shape index (κ1) is 14.9. The van der Waals surface area contributed by atoms with Crippen molar-refractivity contribution in [2.75, 3.05) is 19.0 Å². The van der Waals surface area contributed by atoms with E-state index in [-0.39, 0.29) is 5.41 Å². The molecule has 0 spiro atoms. The Morgan fingerprint density at radius 2 is 1.86 bits per heavy atom. The number of nitriles is 1. The molecule has 0 radical (unpaired) electrons. The minimum absolute atomic E-state index is 0.0307. The van der Waals surface area contributed by atoms with Crippen LogP contribution in [0.3, 0.4) is 0 Å². The van der Waals surface area contributed by atoms with E-state index in [0.717, 1.165) is 18.0 Å². The fraction of sp³-hybridized carbons (Fsp3) is 0.278. The first-order valence-corrected chi connectivity index (χ1v) is 6.94. The van der Waals surface area contributed by atoms with Crippen molar-refractivity contribution in [1.82, 2.24) is 0 Å². The minimum atomic E-state index is -0.0307. The Bertz CT molecular complexity index is 642. The maximum atomic E-state index is 9.20. The highest BCUT2D eigenvalue weighted by atomic mass is 16.5. The molecule has 3 nitrogen and oxygen atoms in total. The van der Waals surface area contributed by atoms with Gasteiger partial charge in [-0.05, 0) is 17.7 Å². The Morgan fingerprint density at radius 3 is 2.48 bits per heavy atom. The van der Waals surface area contributed by atoms with Crippen molar-refractivity contribution in [3.8, 4) is 11.8 Å². The normalized spacial score (nSPS) is 10.8. The van der Waals surface area contributed by atoms with E-state index in [2.05, 4.69) is 37.4 Å². The van der Waals surface area contributed by atoms with Crippen LogP contribution in [0, 0.1) is 11.3 Å². The zero-order valence-electron chi connectivity index (χ0n) is 12.7. The summed E-state index contributed by atoms with van der Waals surface area (Å²) >= 11 is 0. The number of nitrogens with zero attached hydrogens (tertiary/aromatic N) is 1. The number of rotatable bonds is 5. The van der Waals surface area contributed by atoms with Crippen LogP contribution in [0.15, 0.2) is 48.5 Å². The second kappa shape index (κ2) is 6.32. The first-order valence-electron chi connectivity index (χ1n) is 6.94. The molecule has 2 aromatic rings. The zero-order chi connectivity index (χ0) is 15.3. The van der Waals surface area contributed by atoms with E-state index in [1.165, 1.54) is 5.56 Å².